The number of nitrogens with one attached hydrogen (secondary N) is 1. The van der Waals surface area contributed by atoms with Gasteiger partial charge >= 0.3 is 11.9 Å². The monoisotopic (exact) mass is 482 g/mol. The van der Waals surface area contributed by atoms with Gasteiger partial charge in [-0.15, -0.1) is 0 Å². The van der Waals surface area contributed by atoms with Crippen molar-refractivity contribution in [2.45, 2.75) is 39.0 Å². The number of benzene rings is 3. The third-order valence-corrected chi connectivity index (χ3v) is 6.80. The van der Waals surface area contributed by atoms with Crippen molar-refractivity contribution in [2.24, 2.45) is 10.2 Å². The molecule has 1 amide bonds. The van der Waals surface area contributed by atoms with Crippen LogP contribution in [0.1, 0.15) is 54.1 Å². The molecule has 1 aliphatic heterocycles. The van der Waals surface area contributed by atoms with Crippen LogP contribution in [0.2, 0.25) is 0 Å². The highest BCUT2D eigenvalue weighted by Gasteiger charge is 2.32. The number of rotatable bonds is 6. The minimum absolute atomic E-state index is 0.106. The number of carboxylic acids is 1. The molecule has 0 spiro atoms. The average Bonchev–Trinajstić information content (AvgIpc) is 3.42. The number of anilines is 2. The Hall–Kier alpha value is -4.46. The lowest BCUT2D eigenvalue weighted by Crippen LogP contribution is -2.28. The number of phenols is 1. The van der Waals surface area contributed by atoms with Crippen molar-refractivity contribution < 1.29 is 19.8 Å². The number of hydrogen-bond acceptors (Lipinski definition) is 6. The van der Waals surface area contributed by atoms with E-state index in [4.69, 9.17) is 0 Å². The molecule has 3 aromatic rings. The molecule has 36 heavy (non-hydrogen) atoms. The van der Waals surface area contributed by atoms with Crippen LogP contribution >= 0.6 is 0 Å². The lowest BCUT2D eigenvalue weighted by molar-refractivity contribution is -0.112. The summed E-state index contributed by atoms with van der Waals surface area (Å²) < 4.78 is 0. The lowest BCUT2D eigenvalue weighted by atomic mass is 9.98. The minimum atomic E-state index is -1.05. The third kappa shape index (κ3) is 4.11. The molecule has 0 radical (unpaired) electrons. The van der Waals surface area contributed by atoms with Crippen LogP contribution in [-0.4, -0.2) is 33.5 Å². The van der Waals surface area contributed by atoms with Crippen molar-refractivity contribution in [1.82, 2.24) is 0 Å². The van der Waals surface area contributed by atoms with Crippen LogP contribution in [-0.2, 0) is 11.2 Å². The summed E-state index contributed by atoms with van der Waals surface area (Å²) in [6.45, 7) is 3.90. The molecule has 0 bridgehead atoms. The van der Waals surface area contributed by atoms with Gasteiger partial charge in [-0.2, -0.15) is 15.2 Å². The van der Waals surface area contributed by atoms with Crippen LogP contribution in [0.3, 0.4) is 0 Å². The van der Waals surface area contributed by atoms with E-state index >= 15 is 0 Å². The molecule has 2 aliphatic rings. The number of phenolic OH excluding ortho intramolecular Hbond substituents is 1. The van der Waals surface area contributed by atoms with E-state index in [2.05, 4.69) is 34.7 Å². The molecule has 1 heterocycles. The molecule has 8 heteroatoms. The predicted molar refractivity (Wildman–Crippen MR) is 140 cm³/mol. The Morgan fingerprint density at radius 3 is 2.75 bits per heavy atom. The molecule has 1 atom stereocenters. The first kappa shape index (κ1) is 23.3. The summed E-state index contributed by atoms with van der Waals surface area (Å²) in [6, 6.07) is 17.4. The second kappa shape index (κ2) is 9.30. The molecule has 0 fully saturated rings. The Morgan fingerprint density at radius 2 is 1.97 bits per heavy atom. The largest absolute Gasteiger partial charge is 0.505 e. The van der Waals surface area contributed by atoms with E-state index in [1.54, 1.807) is 37.3 Å². The molecule has 8 nitrogen and oxygen atoms in total. The van der Waals surface area contributed by atoms with E-state index in [9.17, 15) is 19.8 Å². The number of hydrogen-bond donors (Lipinski definition) is 3. The summed E-state index contributed by atoms with van der Waals surface area (Å²) >= 11 is 0. The fourth-order valence-electron chi connectivity index (χ4n) is 4.84. The van der Waals surface area contributed by atoms with Gasteiger partial charge in [-0.05, 0) is 79.1 Å². The maximum absolute atomic E-state index is 13.2. The molecule has 182 valence electrons. The third-order valence-electron chi connectivity index (χ3n) is 6.80. The summed E-state index contributed by atoms with van der Waals surface area (Å²) in [5.41, 5.74) is 8.12. The highest BCUT2D eigenvalue weighted by molar-refractivity contribution is 6.71. The van der Waals surface area contributed by atoms with E-state index in [-0.39, 0.29) is 28.6 Å². The Labute approximate surface area is 208 Å². The lowest BCUT2D eigenvalue weighted by Gasteiger charge is -2.15. The highest BCUT2D eigenvalue weighted by atomic mass is 16.4. The molecule has 1 unspecified atom stereocenters. The van der Waals surface area contributed by atoms with Gasteiger partial charge in [0.15, 0.2) is 5.71 Å². The average molecular weight is 483 g/mol. The first-order valence-corrected chi connectivity index (χ1v) is 11.9. The topological polar surface area (TPSA) is 115 Å². The Balaban J connectivity index is 1.40. The summed E-state index contributed by atoms with van der Waals surface area (Å²) in [5, 5.41) is 30.2. The van der Waals surface area contributed by atoms with Gasteiger partial charge in [0, 0.05) is 5.56 Å². The van der Waals surface area contributed by atoms with Crippen molar-refractivity contribution in [3.63, 3.8) is 0 Å². The zero-order valence-corrected chi connectivity index (χ0v) is 20.0. The first-order valence-electron chi connectivity index (χ1n) is 11.9. The van der Waals surface area contributed by atoms with E-state index in [0.717, 1.165) is 19.3 Å². The number of aromatic carboxylic acids is 1. The molecule has 1 aliphatic carbocycles. The second-order valence-electron chi connectivity index (χ2n) is 8.99. The number of aryl methyl sites for hydroxylation is 1. The van der Waals surface area contributed by atoms with Crippen molar-refractivity contribution >= 4 is 34.7 Å². The van der Waals surface area contributed by atoms with Crippen molar-refractivity contribution in [1.29, 1.82) is 0 Å². The first-order chi connectivity index (χ1) is 17.4. The number of carbonyl (C=O) groups excluding carboxylic acids is 1. The van der Waals surface area contributed by atoms with Gasteiger partial charge in [-0.3, -0.25) is 10.2 Å². The van der Waals surface area contributed by atoms with Crippen LogP contribution < -0.4 is 10.4 Å². The van der Waals surface area contributed by atoms with Gasteiger partial charge in [-0.1, -0.05) is 37.3 Å². The summed E-state index contributed by atoms with van der Waals surface area (Å²) in [4.78, 5) is 24.5. The summed E-state index contributed by atoms with van der Waals surface area (Å²) in [5.74, 6) is -1.00. The van der Waals surface area contributed by atoms with Gasteiger partial charge in [0.25, 0.3) is 0 Å². The zero-order chi connectivity index (χ0) is 25.4. The molecule has 0 saturated heterocycles. The van der Waals surface area contributed by atoms with Crippen molar-refractivity contribution in [3.8, 4) is 16.9 Å². The molecule has 3 aromatic carbocycles. The molecule has 5 rings (SSSR count). The normalized spacial score (nSPS) is 17.9. The smallest absolute Gasteiger partial charge is 0.335 e. The number of amides is 1. The van der Waals surface area contributed by atoms with Gasteiger partial charge in [-0.25, -0.2) is 4.79 Å². The van der Waals surface area contributed by atoms with Gasteiger partial charge in [0.1, 0.15) is 5.75 Å². The standard InChI is InChI=1S/C28H26N4O4/c1-3-17-10-11-18-12-13-21(15-23(17)18)32-27(34)25(16(2)31-32)30-29-24-9-5-8-22(26(24)33)19-6-4-7-20(14-19)28(35)36/h4-9,12-15,17,29,33H,3,10-11H2,1-2H3,(H,35,36)/b30-25-. The summed E-state index contributed by atoms with van der Waals surface area (Å²) in [6.07, 6.45) is 3.25. The highest BCUT2D eigenvalue weighted by Crippen LogP contribution is 2.38. The maximum Gasteiger partial charge on any atom is 0.335 e. The van der Waals surface area contributed by atoms with Crippen LogP contribution in [0.15, 0.2) is 70.9 Å². The number of fused-ring (bicyclic) bond motifs is 1. The number of carbonyl (C=O) groups is 2. The van der Waals surface area contributed by atoms with E-state index < -0.39 is 5.97 Å². The fourth-order valence-corrected chi connectivity index (χ4v) is 4.84. The minimum Gasteiger partial charge on any atom is -0.505 e. The number of carboxylic acid groups (broad SMARTS) is 1. The summed E-state index contributed by atoms with van der Waals surface area (Å²) in [7, 11) is 0. The number of hydrazone groups is 2. The van der Waals surface area contributed by atoms with E-state index in [1.807, 2.05) is 6.07 Å². The number of nitrogens with zero attached hydrogens (tertiary/aromatic N) is 3. The van der Waals surface area contributed by atoms with Gasteiger partial charge in [0.2, 0.25) is 0 Å². The van der Waals surface area contributed by atoms with Crippen molar-refractivity contribution in [3.05, 3.63) is 77.4 Å². The number of para-hydroxylation sites is 1. The molecule has 0 saturated carbocycles. The Bertz CT molecular complexity index is 1440. The Morgan fingerprint density at radius 1 is 1.17 bits per heavy atom. The van der Waals surface area contributed by atoms with E-state index in [0.29, 0.717) is 28.4 Å². The van der Waals surface area contributed by atoms with E-state index in [1.165, 1.54) is 28.3 Å². The van der Waals surface area contributed by atoms with Crippen molar-refractivity contribution in [2.75, 3.05) is 10.4 Å². The molecule has 0 aromatic heterocycles. The van der Waals surface area contributed by atoms with Crippen LogP contribution in [0, 0.1) is 0 Å². The Kier molecular flexibility index (Phi) is 6.01. The second-order valence-corrected chi connectivity index (χ2v) is 8.99. The van der Waals surface area contributed by atoms with Gasteiger partial charge < -0.3 is 10.2 Å². The van der Waals surface area contributed by atoms with Crippen LogP contribution in [0.5, 0.6) is 5.75 Å². The molecular formula is C28H26N4O4. The molecule has 3 N–H and O–H groups in total. The molecular weight excluding hydrogens is 456 g/mol. The SMILES string of the molecule is CCC1CCc2ccc(N3N=C(C)/C(=N/Nc4cccc(-c5cccc(C(=O)O)c5)c4O)C3=O)cc21. The number of aromatic hydroxyl groups is 1. The van der Waals surface area contributed by atoms with Gasteiger partial charge in [0.05, 0.1) is 22.6 Å². The predicted octanol–water partition coefficient (Wildman–Crippen LogP) is 5.39. The van der Waals surface area contributed by atoms with Crippen LogP contribution in [0.4, 0.5) is 11.4 Å². The fraction of sp³-hybridized carbons (Fsp3) is 0.214. The zero-order valence-electron chi connectivity index (χ0n) is 20.0. The quantitative estimate of drug-likeness (QED) is 0.322. The maximum atomic E-state index is 13.2. The van der Waals surface area contributed by atoms with Crippen LogP contribution in [0.25, 0.3) is 11.1 Å².